The number of carbonyl (C=O) groups excluding carboxylic acids is 1. The zero-order valence-corrected chi connectivity index (χ0v) is 25.0. The van der Waals surface area contributed by atoms with Crippen molar-refractivity contribution in [2.45, 2.75) is 38.5 Å². The first kappa shape index (κ1) is 31.2. The summed E-state index contributed by atoms with van der Waals surface area (Å²) in [5.41, 5.74) is -2.68. The second-order valence-electron chi connectivity index (χ2n) is 10.6. The number of piperazine rings is 1. The van der Waals surface area contributed by atoms with Crippen LogP contribution in [-0.4, -0.2) is 93.4 Å². The Morgan fingerprint density at radius 3 is 2.55 bits per heavy atom. The smallest absolute Gasteiger partial charge is 0.352 e. The van der Waals surface area contributed by atoms with Gasteiger partial charge in [0.05, 0.1) is 46.4 Å². The minimum atomic E-state index is -4.85. The highest BCUT2D eigenvalue weighted by atomic mass is 35.5. The molecule has 0 saturated carbocycles. The Kier molecular flexibility index (Phi) is 8.80. The fourth-order valence-electron chi connectivity index (χ4n) is 5.84. The summed E-state index contributed by atoms with van der Waals surface area (Å²) in [6, 6.07) is 5.45. The third-order valence-electron chi connectivity index (χ3n) is 8.16. The topological polar surface area (TPSA) is 114 Å². The quantitative estimate of drug-likeness (QED) is 0.346. The van der Waals surface area contributed by atoms with Crippen molar-refractivity contribution in [2.75, 3.05) is 55.6 Å². The molecular formula is C29H31ClF3N9O2. The standard InChI is InChI=1S/C29H31ClF3N9O2/c1-4-23(43)41-13-12-39(15-18(41)10-11-34)26-20-14-35-42(22-9-7-8-21(30)24(22)29(31,32)33)27(44)25(20)36-28(37-26)40-16-19(17-40)38(5-2)6-3/h4,7-9,14,18-19H,1,5-6,10,12-13,15-17H2,2-3H3/t18-/m1/s1. The van der Waals surface area contributed by atoms with Crippen LogP contribution in [0.25, 0.3) is 16.6 Å². The van der Waals surface area contributed by atoms with E-state index in [-0.39, 0.29) is 48.3 Å². The summed E-state index contributed by atoms with van der Waals surface area (Å²) in [4.78, 5) is 43.4. The highest BCUT2D eigenvalue weighted by molar-refractivity contribution is 6.31. The minimum absolute atomic E-state index is 0.0592. The van der Waals surface area contributed by atoms with Gasteiger partial charge in [0.25, 0.3) is 5.56 Å². The maximum Gasteiger partial charge on any atom is 0.419 e. The van der Waals surface area contributed by atoms with Crippen LogP contribution in [0.15, 0.2) is 41.8 Å². The number of hydrogen-bond acceptors (Lipinski definition) is 9. The molecule has 15 heteroatoms. The molecule has 1 atom stereocenters. The largest absolute Gasteiger partial charge is 0.419 e. The Labute approximate surface area is 256 Å². The molecule has 1 aromatic carbocycles. The van der Waals surface area contributed by atoms with Crippen molar-refractivity contribution in [3.63, 3.8) is 0 Å². The maximum absolute atomic E-state index is 14.0. The van der Waals surface area contributed by atoms with E-state index in [1.54, 1.807) is 4.90 Å². The van der Waals surface area contributed by atoms with Gasteiger partial charge in [-0.1, -0.05) is 38.1 Å². The number of benzene rings is 1. The van der Waals surface area contributed by atoms with E-state index in [0.717, 1.165) is 25.2 Å². The van der Waals surface area contributed by atoms with E-state index in [1.807, 2.05) is 9.80 Å². The monoisotopic (exact) mass is 629 g/mol. The number of carbonyl (C=O) groups is 1. The number of amides is 1. The molecule has 2 fully saturated rings. The van der Waals surface area contributed by atoms with Crippen molar-refractivity contribution in [1.29, 1.82) is 5.26 Å². The average Bonchev–Trinajstić information content (AvgIpc) is 2.97. The lowest BCUT2D eigenvalue weighted by molar-refractivity contribution is -0.137. The minimum Gasteiger partial charge on any atom is -0.352 e. The van der Waals surface area contributed by atoms with Crippen molar-refractivity contribution >= 4 is 40.2 Å². The van der Waals surface area contributed by atoms with Crippen LogP contribution >= 0.6 is 11.6 Å². The van der Waals surface area contributed by atoms with Crippen LogP contribution < -0.4 is 15.4 Å². The van der Waals surface area contributed by atoms with Crippen LogP contribution in [0.3, 0.4) is 0 Å². The van der Waals surface area contributed by atoms with E-state index in [2.05, 4.69) is 41.5 Å². The van der Waals surface area contributed by atoms with Crippen molar-refractivity contribution < 1.29 is 18.0 Å². The highest BCUT2D eigenvalue weighted by Gasteiger charge is 2.38. The number of aromatic nitrogens is 4. The van der Waals surface area contributed by atoms with Crippen LogP contribution in [0, 0.1) is 11.3 Å². The number of halogens is 4. The molecule has 44 heavy (non-hydrogen) atoms. The van der Waals surface area contributed by atoms with Crippen LogP contribution in [0.4, 0.5) is 24.9 Å². The van der Waals surface area contributed by atoms with Crippen molar-refractivity contribution in [2.24, 2.45) is 0 Å². The number of alkyl halides is 3. The molecular weight excluding hydrogens is 599 g/mol. The highest BCUT2D eigenvalue weighted by Crippen LogP contribution is 2.38. The summed E-state index contributed by atoms with van der Waals surface area (Å²) in [6.45, 7) is 11.5. The predicted molar refractivity (Wildman–Crippen MR) is 160 cm³/mol. The summed E-state index contributed by atoms with van der Waals surface area (Å²) < 4.78 is 42.7. The molecule has 2 aromatic heterocycles. The molecule has 4 heterocycles. The van der Waals surface area contributed by atoms with Gasteiger partial charge in [-0.25, -0.2) is 4.98 Å². The molecule has 0 N–H and O–H groups in total. The van der Waals surface area contributed by atoms with Gasteiger partial charge in [-0.05, 0) is 31.3 Å². The van der Waals surface area contributed by atoms with Crippen LogP contribution in [-0.2, 0) is 11.0 Å². The molecule has 0 unspecified atom stereocenters. The summed E-state index contributed by atoms with van der Waals surface area (Å²) in [5.74, 6) is 0.311. The fourth-order valence-corrected chi connectivity index (χ4v) is 6.12. The number of nitrogens with zero attached hydrogens (tertiary/aromatic N) is 9. The van der Waals surface area contributed by atoms with Gasteiger partial charge in [0.2, 0.25) is 11.9 Å². The molecule has 2 aliphatic heterocycles. The van der Waals surface area contributed by atoms with E-state index in [9.17, 15) is 28.0 Å². The Morgan fingerprint density at radius 1 is 1.18 bits per heavy atom. The molecule has 0 bridgehead atoms. The molecule has 0 radical (unpaired) electrons. The molecule has 5 rings (SSSR count). The van der Waals surface area contributed by atoms with Gasteiger partial charge in [-0.2, -0.15) is 33.2 Å². The Hall–Kier alpha value is -4.22. The first-order valence-electron chi connectivity index (χ1n) is 14.2. The number of rotatable bonds is 8. The van der Waals surface area contributed by atoms with Crippen LogP contribution in [0.2, 0.25) is 5.02 Å². The number of anilines is 2. The van der Waals surface area contributed by atoms with E-state index >= 15 is 0 Å². The second-order valence-corrected chi connectivity index (χ2v) is 11.0. The van der Waals surface area contributed by atoms with Gasteiger partial charge in [-0.3, -0.25) is 14.5 Å². The number of nitriles is 1. The normalized spacial score (nSPS) is 17.6. The predicted octanol–water partition coefficient (Wildman–Crippen LogP) is 3.50. The van der Waals surface area contributed by atoms with E-state index in [4.69, 9.17) is 16.6 Å². The lowest BCUT2D eigenvalue weighted by atomic mass is 10.1. The molecule has 1 amide bonds. The van der Waals surface area contributed by atoms with E-state index in [0.29, 0.717) is 30.1 Å². The van der Waals surface area contributed by atoms with Gasteiger partial charge in [-0.15, -0.1) is 0 Å². The number of hydrogen-bond donors (Lipinski definition) is 0. The van der Waals surface area contributed by atoms with Crippen molar-refractivity contribution in [3.05, 3.63) is 58.0 Å². The molecule has 0 aliphatic carbocycles. The first-order valence-corrected chi connectivity index (χ1v) is 14.6. The maximum atomic E-state index is 14.0. The molecule has 2 aliphatic rings. The van der Waals surface area contributed by atoms with Crippen molar-refractivity contribution in [3.8, 4) is 11.8 Å². The Morgan fingerprint density at radius 2 is 1.91 bits per heavy atom. The lowest BCUT2D eigenvalue weighted by Gasteiger charge is -2.45. The summed E-state index contributed by atoms with van der Waals surface area (Å²) in [5, 5.41) is 13.2. The summed E-state index contributed by atoms with van der Waals surface area (Å²) in [7, 11) is 0. The van der Waals surface area contributed by atoms with Gasteiger partial charge < -0.3 is 14.7 Å². The Bertz CT molecular complexity index is 1680. The van der Waals surface area contributed by atoms with E-state index < -0.39 is 34.1 Å². The fraction of sp³-hybridized carbons (Fsp3) is 0.448. The number of likely N-dealkylation sites (N-methyl/N-ethyl adjacent to an activating group) is 1. The molecule has 11 nitrogen and oxygen atoms in total. The van der Waals surface area contributed by atoms with Gasteiger partial charge in [0, 0.05) is 38.8 Å². The zero-order valence-electron chi connectivity index (χ0n) is 24.3. The molecule has 2 saturated heterocycles. The van der Waals surface area contributed by atoms with Crippen LogP contribution in [0.1, 0.15) is 25.8 Å². The molecule has 232 valence electrons. The van der Waals surface area contributed by atoms with Gasteiger partial charge in [0.1, 0.15) is 11.3 Å². The molecule has 3 aromatic rings. The second kappa shape index (κ2) is 12.4. The van der Waals surface area contributed by atoms with Gasteiger partial charge in [0.15, 0.2) is 0 Å². The third-order valence-corrected chi connectivity index (χ3v) is 8.47. The SMILES string of the molecule is C=CC(=O)N1CCN(c2nc(N3CC(N(CC)CC)C3)nc3c(=O)n(-c4cccc(Cl)c4C(F)(F)F)ncc23)C[C@H]1CC#N. The van der Waals surface area contributed by atoms with Gasteiger partial charge >= 0.3 is 6.18 Å². The van der Waals surface area contributed by atoms with E-state index in [1.165, 1.54) is 18.3 Å². The zero-order chi connectivity index (χ0) is 31.8. The average molecular weight is 630 g/mol. The van der Waals surface area contributed by atoms with Crippen LogP contribution in [0.5, 0.6) is 0 Å². The van der Waals surface area contributed by atoms with Crippen molar-refractivity contribution in [1.82, 2.24) is 29.5 Å². The Balaban J connectivity index is 1.64. The number of fused-ring (bicyclic) bond motifs is 1. The molecule has 0 spiro atoms. The third kappa shape index (κ3) is 5.69. The lowest BCUT2D eigenvalue weighted by Crippen LogP contribution is -2.60. The first-order chi connectivity index (χ1) is 21.0. The summed E-state index contributed by atoms with van der Waals surface area (Å²) >= 11 is 5.94. The summed E-state index contributed by atoms with van der Waals surface area (Å²) in [6.07, 6.45) is -2.32.